The lowest BCUT2D eigenvalue weighted by Crippen LogP contribution is -2.37. The van der Waals surface area contributed by atoms with Gasteiger partial charge in [-0.15, -0.1) is 0 Å². The van der Waals surface area contributed by atoms with Crippen LogP contribution in [0.1, 0.15) is 5.82 Å². The van der Waals surface area contributed by atoms with Crippen LogP contribution in [-0.4, -0.2) is 15.0 Å². The average molecular weight is 164 g/mol. The topological polar surface area (TPSA) is 71.5 Å². The molecular formula is C7H10N5+. The normalized spacial score (nSPS) is 10.8. The fraction of sp³-hybridized carbons (Fsp3) is 0.286. The first-order chi connectivity index (χ1) is 5.70. The Balaban J connectivity index is 2.94. The van der Waals surface area contributed by atoms with Crippen LogP contribution in [0.3, 0.4) is 0 Å². The summed E-state index contributed by atoms with van der Waals surface area (Å²) in [5, 5.41) is 0. The van der Waals surface area contributed by atoms with E-state index in [2.05, 4.69) is 15.0 Å². The Labute approximate surface area is 69.3 Å². The summed E-state index contributed by atoms with van der Waals surface area (Å²) in [6, 6.07) is 0. The van der Waals surface area contributed by atoms with E-state index in [9.17, 15) is 0 Å². The van der Waals surface area contributed by atoms with Crippen LogP contribution in [0.25, 0.3) is 11.2 Å². The Bertz CT molecular complexity index is 431. The number of nitrogens with one attached hydrogen (secondary N) is 1. The Morgan fingerprint density at radius 1 is 1.58 bits per heavy atom. The van der Waals surface area contributed by atoms with E-state index in [1.54, 1.807) is 6.33 Å². The number of hydrogen-bond acceptors (Lipinski definition) is 3. The number of nitrogens with two attached hydrogens (primary N) is 1. The minimum Gasteiger partial charge on any atom is -0.336 e. The van der Waals surface area contributed by atoms with Crippen molar-refractivity contribution in [2.24, 2.45) is 7.05 Å². The molecule has 0 amide bonds. The number of nitrogens with zero attached hydrogens (tertiary/aromatic N) is 3. The second-order valence-corrected chi connectivity index (χ2v) is 2.70. The van der Waals surface area contributed by atoms with Gasteiger partial charge in [0.05, 0.1) is 13.4 Å². The molecule has 3 N–H and O–H groups in total. The lowest BCUT2D eigenvalue weighted by molar-refractivity contribution is -0.665. The van der Waals surface area contributed by atoms with Crippen LogP contribution in [0.4, 0.5) is 5.82 Å². The largest absolute Gasteiger partial charge is 0.336 e. The quantitative estimate of drug-likeness (QED) is 0.524. The van der Waals surface area contributed by atoms with E-state index in [-0.39, 0.29) is 0 Å². The molecule has 0 aliphatic rings. The minimum absolute atomic E-state index is 0.662. The van der Waals surface area contributed by atoms with Gasteiger partial charge in [-0.05, 0) is 0 Å². The lowest BCUT2D eigenvalue weighted by atomic mass is 10.4. The first-order valence-electron chi connectivity index (χ1n) is 3.65. The molecule has 2 heterocycles. The zero-order valence-corrected chi connectivity index (χ0v) is 7.00. The van der Waals surface area contributed by atoms with E-state index in [1.165, 1.54) is 0 Å². The molecule has 0 unspecified atom stereocenters. The number of imidazole rings is 1. The molecule has 0 radical (unpaired) electrons. The summed E-state index contributed by atoms with van der Waals surface area (Å²) in [5.41, 5.74) is 7.28. The van der Waals surface area contributed by atoms with Crippen LogP contribution < -0.4 is 10.3 Å². The number of hydrogen-bond donors (Lipinski definition) is 2. The number of rotatable bonds is 0. The molecule has 0 aromatic carbocycles. The van der Waals surface area contributed by atoms with E-state index in [4.69, 9.17) is 5.73 Å². The summed E-state index contributed by atoms with van der Waals surface area (Å²) < 4.78 is 1.82. The van der Waals surface area contributed by atoms with Gasteiger partial charge in [0.2, 0.25) is 11.6 Å². The minimum atomic E-state index is 0.662. The number of aryl methyl sites for hydroxylation is 1. The number of nitrogen functional groups attached to an aromatic ring is 1. The molecule has 0 saturated carbocycles. The molecule has 0 aliphatic carbocycles. The standard InChI is InChI=1S/C7H9N5/c1-4-11-7-5(9-3-10-7)6(8)12(4)2/h3H,1-2H3,(H2,8,9,10)/p+1. The van der Waals surface area contributed by atoms with E-state index in [0.717, 1.165) is 11.3 Å². The Hall–Kier alpha value is -1.65. The van der Waals surface area contributed by atoms with E-state index in [0.29, 0.717) is 11.5 Å². The monoisotopic (exact) mass is 164 g/mol. The maximum absolute atomic E-state index is 5.82. The predicted octanol–water partition coefficient (Wildman–Crippen LogP) is -0.327. The summed E-state index contributed by atoms with van der Waals surface area (Å²) >= 11 is 0. The van der Waals surface area contributed by atoms with Gasteiger partial charge in [-0.2, -0.15) is 0 Å². The first-order valence-corrected chi connectivity index (χ1v) is 3.65. The SMILES string of the molecule is Cc1nc2nc[nH]c2c(N)[n+]1C. The van der Waals surface area contributed by atoms with Crippen molar-refractivity contribution in [1.82, 2.24) is 15.0 Å². The molecule has 0 aliphatic heterocycles. The average Bonchev–Trinajstić information content (AvgIpc) is 2.48. The van der Waals surface area contributed by atoms with Gasteiger partial charge in [-0.25, -0.2) is 9.55 Å². The van der Waals surface area contributed by atoms with Crippen molar-refractivity contribution in [3.8, 4) is 0 Å². The number of H-pyrrole nitrogens is 1. The maximum atomic E-state index is 5.82. The predicted molar refractivity (Wildman–Crippen MR) is 44.2 cm³/mol. The van der Waals surface area contributed by atoms with E-state index in [1.807, 2.05) is 18.5 Å². The van der Waals surface area contributed by atoms with Crippen molar-refractivity contribution in [2.75, 3.05) is 5.73 Å². The first kappa shape index (κ1) is 7.02. The van der Waals surface area contributed by atoms with Crippen molar-refractivity contribution in [3.63, 3.8) is 0 Å². The summed E-state index contributed by atoms with van der Waals surface area (Å²) in [6.07, 6.45) is 1.59. The molecule has 2 rings (SSSR count). The summed E-state index contributed by atoms with van der Waals surface area (Å²) in [6.45, 7) is 1.89. The van der Waals surface area contributed by atoms with Crippen molar-refractivity contribution in [1.29, 1.82) is 0 Å². The van der Waals surface area contributed by atoms with Gasteiger partial charge in [0.15, 0.2) is 5.52 Å². The number of aromatic nitrogens is 4. The second kappa shape index (κ2) is 2.17. The van der Waals surface area contributed by atoms with Gasteiger partial charge in [-0.3, -0.25) is 0 Å². The zero-order chi connectivity index (χ0) is 8.72. The summed E-state index contributed by atoms with van der Waals surface area (Å²) in [4.78, 5) is 11.2. The number of anilines is 1. The third kappa shape index (κ3) is 0.761. The highest BCUT2D eigenvalue weighted by Crippen LogP contribution is 2.09. The highest BCUT2D eigenvalue weighted by molar-refractivity contribution is 5.78. The summed E-state index contributed by atoms with van der Waals surface area (Å²) in [5.74, 6) is 1.52. The smallest absolute Gasteiger partial charge is 0.260 e. The van der Waals surface area contributed by atoms with Gasteiger partial charge in [0.1, 0.15) is 0 Å². The van der Waals surface area contributed by atoms with Gasteiger partial charge >= 0.3 is 0 Å². The molecule has 12 heavy (non-hydrogen) atoms. The number of fused-ring (bicyclic) bond motifs is 1. The number of aromatic amines is 1. The molecule has 2 aromatic rings. The third-order valence-electron chi connectivity index (χ3n) is 1.99. The Morgan fingerprint density at radius 3 is 3.08 bits per heavy atom. The van der Waals surface area contributed by atoms with Gasteiger partial charge in [0, 0.05) is 6.92 Å². The van der Waals surface area contributed by atoms with Crippen molar-refractivity contribution < 1.29 is 4.57 Å². The molecule has 62 valence electrons. The van der Waals surface area contributed by atoms with Gasteiger partial charge < -0.3 is 10.7 Å². The third-order valence-corrected chi connectivity index (χ3v) is 1.99. The molecular weight excluding hydrogens is 154 g/mol. The highest BCUT2D eigenvalue weighted by atomic mass is 15.1. The highest BCUT2D eigenvalue weighted by Gasteiger charge is 2.13. The molecule has 5 nitrogen and oxygen atoms in total. The van der Waals surface area contributed by atoms with Gasteiger partial charge in [-0.1, -0.05) is 4.98 Å². The van der Waals surface area contributed by atoms with Crippen LogP contribution in [0, 0.1) is 6.92 Å². The Kier molecular flexibility index (Phi) is 1.27. The molecule has 0 bridgehead atoms. The van der Waals surface area contributed by atoms with E-state index >= 15 is 0 Å². The van der Waals surface area contributed by atoms with Crippen LogP contribution in [0.2, 0.25) is 0 Å². The molecule has 2 aromatic heterocycles. The molecule has 0 spiro atoms. The van der Waals surface area contributed by atoms with Crippen LogP contribution in [0.15, 0.2) is 6.33 Å². The molecule has 0 fully saturated rings. The Morgan fingerprint density at radius 2 is 2.33 bits per heavy atom. The van der Waals surface area contributed by atoms with Gasteiger partial charge in [0.25, 0.3) is 5.65 Å². The van der Waals surface area contributed by atoms with Crippen molar-refractivity contribution in [2.45, 2.75) is 6.92 Å². The molecule has 0 saturated heterocycles. The zero-order valence-electron chi connectivity index (χ0n) is 7.00. The summed E-state index contributed by atoms with van der Waals surface area (Å²) in [7, 11) is 1.87. The van der Waals surface area contributed by atoms with Crippen molar-refractivity contribution >= 4 is 17.0 Å². The fourth-order valence-electron chi connectivity index (χ4n) is 1.13. The second-order valence-electron chi connectivity index (χ2n) is 2.70. The van der Waals surface area contributed by atoms with Crippen LogP contribution in [-0.2, 0) is 7.05 Å². The van der Waals surface area contributed by atoms with Crippen LogP contribution >= 0.6 is 0 Å². The lowest BCUT2D eigenvalue weighted by Gasteiger charge is -1.98. The van der Waals surface area contributed by atoms with E-state index < -0.39 is 0 Å². The molecule has 5 heteroatoms. The molecule has 0 atom stereocenters. The fourth-order valence-corrected chi connectivity index (χ4v) is 1.13. The van der Waals surface area contributed by atoms with Crippen LogP contribution in [0.5, 0.6) is 0 Å². The maximum Gasteiger partial charge on any atom is 0.260 e. The van der Waals surface area contributed by atoms with Crippen molar-refractivity contribution in [3.05, 3.63) is 12.2 Å².